The van der Waals surface area contributed by atoms with E-state index in [0.717, 1.165) is 0 Å². The van der Waals surface area contributed by atoms with Crippen LogP contribution in [0.1, 0.15) is 19.3 Å². The number of nitrogens with one attached hydrogen (secondary N) is 1. The molecule has 3 amide bonds. The van der Waals surface area contributed by atoms with Gasteiger partial charge in [0.05, 0.1) is 20.1 Å². The number of carbonyl (C=O) groups is 3. The van der Waals surface area contributed by atoms with Crippen LogP contribution in [0.15, 0.2) is 18.2 Å². The van der Waals surface area contributed by atoms with Crippen molar-refractivity contribution in [3.63, 3.8) is 0 Å². The molecule has 2 aliphatic rings. The van der Waals surface area contributed by atoms with Crippen molar-refractivity contribution in [1.82, 2.24) is 10.2 Å². The molecule has 0 aromatic heterocycles. The van der Waals surface area contributed by atoms with Gasteiger partial charge in [-0.2, -0.15) is 13.2 Å². The monoisotopic (exact) mass is 443 g/mol. The Morgan fingerprint density at radius 3 is 2.55 bits per heavy atom. The third-order valence-corrected chi connectivity index (χ3v) is 5.45. The lowest BCUT2D eigenvalue weighted by Gasteiger charge is -2.27. The van der Waals surface area contributed by atoms with E-state index in [-0.39, 0.29) is 31.8 Å². The first-order chi connectivity index (χ1) is 14.6. The highest BCUT2D eigenvalue weighted by molar-refractivity contribution is 6.01. The van der Waals surface area contributed by atoms with Crippen molar-refractivity contribution in [3.8, 4) is 11.5 Å². The fraction of sp³-hybridized carbons (Fsp3) is 0.550. The van der Waals surface area contributed by atoms with Crippen molar-refractivity contribution < 1.29 is 37.0 Å². The second kappa shape index (κ2) is 9.03. The molecule has 0 bridgehead atoms. The lowest BCUT2D eigenvalue weighted by Crippen LogP contribution is -2.49. The zero-order valence-electron chi connectivity index (χ0n) is 17.2. The molecule has 2 fully saturated rings. The van der Waals surface area contributed by atoms with Gasteiger partial charge in [-0.05, 0) is 25.0 Å². The van der Waals surface area contributed by atoms with E-state index < -0.39 is 36.5 Å². The number of anilines is 1. The topological polar surface area (TPSA) is 88.2 Å². The van der Waals surface area contributed by atoms with Crippen LogP contribution in [-0.2, 0) is 14.4 Å². The third kappa shape index (κ3) is 5.02. The maximum atomic E-state index is 13.0. The number of amides is 3. The summed E-state index contributed by atoms with van der Waals surface area (Å²) in [6.07, 6.45) is -3.77. The zero-order valence-corrected chi connectivity index (χ0v) is 17.2. The summed E-state index contributed by atoms with van der Waals surface area (Å²) in [5.74, 6) is -1.25. The number of carbonyl (C=O) groups excluding carboxylic acids is 3. The van der Waals surface area contributed by atoms with E-state index in [2.05, 4.69) is 0 Å². The number of ether oxygens (including phenoxy) is 2. The van der Waals surface area contributed by atoms with Gasteiger partial charge in [-0.3, -0.25) is 14.4 Å². The van der Waals surface area contributed by atoms with Gasteiger partial charge in [0.15, 0.2) is 11.5 Å². The minimum absolute atomic E-state index is 0.0411. The summed E-state index contributed by atoms with van der Waals surface area (Å²) >= 11 is 0. The Labute approximate surface area is 177 Å². The lowest BCUT2D eigenvalue weighted by molar-refractivity contribution is -0.146. The molecule has 0 aliphatic carbocycles. The molecule has 2 atom stereocenters. The molecule has 11 heteroatoms. The molecule has 1 aromatic rings. The Bertz CT molecular complexity index is 861. The van der Waals surface area contributed by atoms with Crippen LogP contribution in [0, 0.1) is 5.92 Å². The average Bonchev–Trinajstić information content (AvgIpc) is 3.37. The van der Waals surface area contributed by atoms with E-state index in [0.29, 0.717) is 23.6 Å². The van der Waals surface area contributed by atoms with Gasteiger partial charge >= 0.3 is 6.18 Å². The third-order valence-electron chi connectivity index (χ3n) is 5.45. The molecule has 170 valence electrons. The summed E-state index contributed by atoms with van der Waals surface area (Å²) in [4.78, 5) is 40.5. The number of methoxy groups -OCH3 is 2. The van der Waals surface area contributed by atoms with Crippen LogP contribution < -0.4 is 19.7 Å². The molecule has 2 aliphatic heterocycles. The molecule has 0 spiro atoms. The summed E-state index contributed by atoms with van der Waals surface area (Å²) in [7, 11) is 2.96. The summed E-state index contributed by atoms with van der Waals surface area (Å²) in [5.41, 5.74) is 0.541. The van der Waals surface area contributed by atoms with Crippen LogP contribution in [0.3, 0.4) is 0 Å². The van der Waals surface area contributed by atoms with Gasteiger partial charge in [0.2, 0.25) is 17.7 Å². The SMILES string of the molecule is COc1ccc(N2CC(C(=O)N3CCCC3C(=O)NCC(F)(F)F)CC2=O)cc1OC. The summed E-state index contributed by atoms with van der Waals surface area (Å²) in [5, 5.41) is 1.85. The number of likely N-dealkylation sites (tertiary alicyclic amines) is 1. The first-order valence-corrected chi connectivity index (χ1v) is 9.82. The van der Waals surface area contributed by atoms with Gasteiger partial charge in [0, 0.05) is 31.3 Å². The molecular weight excluding hydrogens is 419 g/mol. The number of alkyl halides is 3. The average molecular weight is 443 g/mol. The summed E-state index contributed by atoms with van der Waals surface area (Å²) < 4.78 is 47.6. The maximum Gasteiger partial charge on any atom is 0.405 e. The summed E-state index contributed by atoms with van der Waals surface area (Å²) in [6.45, 7) is -1.07. The number of benzene rings is 1. The molecule has 0 radical (unpaired) electrons. The van der Waals surface area contributed by atoms with Gasteiger partial charge in [0.25, 0.3) is 0 Å². The molecule has 1 aromatic carbocycles. The van der Waals surface area contributed by atoms with E-state index in [4.69, 9.17) is 9.47 Å². The fourth-order valence-corrected chi connectivity index (χ4v) is 3.96. The second-order valence-electron chi connectivity index (χ2n) is 7.47. The summed E-state index contributed by atoms with van der Waals surface area (Å²) in [6, 6.07) is 4.00. The van der Waals surface area contributed by atoms with Crippen LogP contribution in [0.4, 0.5) is 18.9 Å². The number of halogens is 3. The Morgan fingerprint density at radius 2 is 1.90 bits per heavy atom. The van der Waals surface area contributed by atoms with Gasteiger partial charge in [0.1, 0.15) is 12.6 Å². The van der Waals surface area contributed by atoms with E-state index in [1.165, 1.54) is 24.0 Å². The maximum absolute atomic E-state index is 13.0. The lowest BCUT2D eigenvalue weighted by atomic mass is 10.1. The minimum atomic E-state index is -4.53. The van der Waals surface area contributed by atoms with E-state index >= 15 is 0 Å². The number of hydrogen-bond acceptors (Lipinski definition) is 5. The first-order valence-electron chi connectivity index (χ1n) is 9.82. The molecule has 2 heterocycles. The van der Waals surface area contributed by atoms with E-state index in [1.54, 1.807) is 18.2 Å². The molecule has 3 rings (SSSR count). The van der Waals surface area contributed by atoms with Crippen LogP contribution >= 0.6 is 0 Å². The van der Waals surface area contributed by atoms with E-state index in [1.807, 2.05) is 5.32 Å². The van der Waals surface area contributed by atoms with Crippen molar-refractivity contribution in [3.05, 3.63) is 18.2 Å². The van der Waals surface area contributed by atoms with Gasteiger partial charge < -0.3 is 24.6 Å². The highest BCUT2D eigenvalue weighted by atomic mass is 19.4. The van der Waals surface area contributed by atoms with Gasteiger partial charge in [-0.25, -0.2) is 0 Å². The number of nitrogens with zero attached hydrogens (tertiary/aromatic N) is 2. The number of rotatable bonds is 6. The molecule has 1 N–H and O–H groups in total. The number of hydrogen-bond donors (Lipinski definition) is 1. The zero-order chi connectivity index (χ0) is 22.8. The molecule has 2 saturated heterocycles. The second-order valence-corrected chi connectivity index (χ2v) is 7.47. The highest BCUT2D eigenvalue weighted by Gasteiger charge is 2.42. The van der Waals surface area contributed by atoms with Crippen LogP contribution in [0.25, 0.3) is 0 Å². The highest BCUT2D eigenvalue weighted by Crippen LogP contribution is 2.35. The van der Waals surface area contributed by atoms with Gasteiger partial charge in [-0.1, -0.05) is 0 Å². The van der Waals surface area contributed by atoms with E-state index in [9.17, 15) is 27.6 Å². The molecule has 8 nitrogen and oxygen atoms in total. The van der Waals surface area contributed by atoms with Gasteiger partial charge in [-0.15, -0.1) is 0 Å². The van der Waals surface area contributed by atoms with Crippen molar-refractivity contribution in [2.75, 3.05) is 38.8 Å². The predicted octanol–water partition coefficient (Wildman–Crippen LogP) is 1.73. The van der Waals surface area contributed by atoms with Crippen LogP contribution in [0.2, 0.25) is 0 Å². The molecule has 2 unspecified atom stereocenters. The van der Waals surface area contributed by atoms with Crippen molar-refractivity contribution in [1.29, 1.82) is 0 Å². The first kappa shape index (κ1) is 22.7. The Balaban J connectivity index is 1.69. The van der Waals surface area contributed by atoms with Crippen molar-refractivity contribution in [2.45, 2.75) is 31.5 Å². The molecular formula is C20H24F3N3O5. The molecule has 31 heavy (non-hydrogen) atoms. The molecule has 0 saturated carbocycles. The largest absolute Gasteiger partial charge is 0.493 e. The standard InChI is InChI=1S/C20H24F3N3O5/c1-30-15-6-5-13(9-16(15)31-2)26-10-12(8-17(26)27)19(29)25-7-3-4-14(25)18(28)24-11-20(21,22)23/h5-6,9,12,14H,3-4,7-8,10-11H2,1-2H3,(H,24,28). The minimum Gasteiger partial charge on any atom is -0.493 e. The van der Waals surface area contributed by atoms with Crippen LogP contribution in [0.5, 0.6) is 11.5 Å². The quantitative estimate of drug-likeness (QED) is 0.724. The Hall–Kier alpha value is -2.98. The normalized spacial score (nSPS) is 21.4. The Morgan fingerprint density at radius 1 is 1.19 bits per heavy atom. The Kier molecular flexibility index (Phi) is 6.61. The van der Waals surface area contributed by atoms with Crippen molar-refractivity contribution in [2.24, 2.45) is 5.92 Å². The van der Waals surface area contributed by atoms with Crippen molar-refractivity contribution >= 4 is 23.4 Å². The smallest absolute Gasteiger partial charge is 0.405 e. The predicted molar refractivity (Wildman–Crippen MR) is 104 cm³/mol. The fourth-order valence-electron chi connectivity index (χ4n) is 3.96. The van der Waals surface area contributed by atoms with Crippen LogP contribution in [-0.4, -0.2) is 68.7 Å².